The molecule has 0 spiro atoms. The van der Waals surface area contributed by atoms with Gasteiger partial charge in [-0.1, -0.05) is 6.92 Å². The van der Waals surface area contributed by atoms with E-state index in [9.17, 15) is 13.6 Å². The zero-order chi connectivity index (χ0) is 14.6. The first-order chi connectivity index (χ1) is 8.85. The number of carbonyl (C=O) groups is 1. The third-order valence-corrected chi connectivity index (χ3v) is 2.99. The average Bonchev–Trinajstić information content (AvgIpc) is 2.36. The quantitative estimate of drug-likeness (QED) is 0.743. The van der Waals surface area contributed by atoms with Crippen LogP contribution in [0.3, 0.4) is 0 Å². The Labute approximate surface area is 111 Å². The topological polar surface area (TPSA) is 35.5 Å². The molecule has 1 unspecified atom stereocenters. The fourth-order valence-corrected chi connectivity index (χ4v) is 1.88. The van der Waals surface area contributed by atoms with E-state index in [0.717, 1.165) is 13.2 Å². The van der Waals surface area contributed by atoms with E-state index in [1.54, 1.807) is 13.0 Å². The van der Waals surface area contributed by atoms with Gasteiger partial charge in [0.25, 0.3) is 5.92 Å². The van der Waals surface area contributed by atoms with Crippen molar-refractivity contribution in [2.75, 3.05) is 14.2 Å². The summed E-state index contributed by atoms with van der Waals surface area (Å²) in [6, 6.07) is 3.00. The highest BCUT2D eigenvalue weighted by atomic mass is 19.3. The van der Waals surface area contributed by atoms with Crippen LogP contribution in [-0.2, 0) is 10.7 Å². The lowest BCUT2D eigenvalue weighted by molar-refractivity contribution is -0.108. The Morgan fingerprint density at radius 1 is 1.32 bits per heavy atom. The molecule has 1 aromatic rings. The van der Waals surface area contributed by atoms with Gasteiger partial charge in [0.05, 0.1) is 19.8 Å². The Bertz CT molecular complexity index is 453. The van der Waals surface area contributed by atoms with Gasteiger partial charge in [-0.2, -0.15) is 0 Å². The monoisotopic (exact) mass is 272 g/mol. The maximum absolute atomic E-state index is 13.6. The van der Waals surface area contributed by atoms with Crippen LogP contribution in [0.4, 0.5) is 8.78 Å². The van der Waals surface area contributed by atoms with E-state index in [-0.39, 0.29) is 29.4 Å². The van der Waals surface area contributed by atoms with Crippen LogP contribution in [0.15, 0.2) is 12.1 Å². The summed E-state index contributed by atoms with van der Waals surface area (Å²) < 4.78 is 37.4. The second-order valence-electron chi connectivity index (χ2n) is 4.50. The van der Waals surface area contributed by atoms with Crippen LogP contribution >= 0.6 is 0 Å². The molecule has 1 aromatic carbocycles. The molecule has 0 radical (unpaired) electrons. The predicted octanol–water partition coefficient (Wildman–Crippen LogP) is 3.51. The lowest BCUT2D eigenvalue weighted by atomic mass is 9.94. The summed E-state index contributed by atoms with van der Waals surface area (Å²) >= 11 is 0. The molecule has 0 N–H and O–H groups in total. The molecule has 0 bridgehead atoms. The van der Waals surface area contributed by atoms with Crippen molar-refractivity contribution in [3.63, 3.8) is 0 Å². The maximum Gasteiger partial charge on any atom is 0.274 e. The zero-order valence-electron chi connectivity index (χ0n) is 11.5. The molecule has 106 valence electrons. The fraction of sp³-hybridized carbons (Fsp3) is 0.500. The van der Waals surface area contributed by atoms with E-state index in [2.05, 4.69) is 0 Å². The summed E-state index contributed by atoms with van der Waals surface area (Å²) in [7, 11) is 2.71. The number of halogens is 2. The van der Waals surface area contributed by atoms with Crippen molar-refractivity contribution < 1.29 is 23.0 Å². The number of methoxy groups -OCH3 is 2. The van der Waals surface area contributed by atoms with Gasteiger partial charge in [-0.05, 0) is 23.6 Å². The van der Waals surface area contributed by atoms with Gasteiger partial charge in [0, 0.05) is 13.3 Å². The van der Waals surface area contributed by atoms with Crippen LogP contribution in [0.1, 0.15) is 37.3 Å². The van der Waals surface area contributed by atoms with Gasteiger partial charge in [0.1, 0.15) is 6.29 Å². The van der Waals surface area contributed by atoms with E-state index in [0.29, 0.717) is 5.56 Å². The Hall–Kier alpha value is -1.65. The molecule has 0 fully saturated rings. The van der Waals surface area contributed by atoms with Gasteiger partial charge in [-0.15, -0.1) is 0 Å². The van der Waals surface area contributed by atoms with Crippen molar-refractivity contribution in [1.29, 1.82) is 0 Å². The Morgan fingerprint density at radius 3 is 2.37 bits per heavy atom. The maximum atomic E-state index is 13.6. The first kappa shape index (κ1) is 15.4. The number of hydrogen-bond donors (Lipinski definition) is 0. The Morgan fingerprint density at radius 2 is 1.95 bits per heavy atom. The SMILES string of the molecule is COc1cc(C(C)CC=O)cc(C(C)(F)F)c1OC. The predicted molar refractivity (Wildman–Crippen MR) is 68.2 cm³/mol. The van der Waals surface area contributed by atoms with E-state index in [4.69, 9.17) is 9.47 Å². The van der Waals surface area contributed by atoms with Gasteiger partial charge in [0.15, 0.2) is 11.5 Å². The van der Waals surface area contributed by atoms with Crippen molar-refractivity contribution >= 4 is 6.29 Å². The van der Waals surface area contributed by atoms with Gasteiger partial charge >= 0.3 is 0 Å². The molecule has 0 saturated carbocycles. The number of ether oxygens (including phenoxy) is 2. The Kier molecular flexibility index (Phi) is 4.86. The van der Waals surface area contributed by atoms with Gasteiger partial charge in [-0.25, -0.2) is 8.78 Å². The lowest BCUT2D eigenvalue weighted by Gasteiger charge is -2.20. The molecule has 3 nitrogen and oxygen atoms in total. The van der Waals surface area contributed by atoms with Gasteiger partial charge in [-0.3, -0.25) is 0 Å². The molecule has 19 heavy (non-hydrogen) atoms. The van der Waals surface area contributed by atoms with Crippen LogP contribution in [0.2, 0.25) is 0 Å². The molecule has 0 heterocycles. The van der Waals surface area contributed by atoms with E-state index >= 15 is 0 Å². The molecule has 5 heteroatoms. The highest BCUT2D eigenvalue weighted by Gasteiger charge is 2.31. The fourth-order valence-electron chi connectivity index (χ4n) is 1.88. The number of alkyl halides is 2. The van der Waals surface area contributed by atoms with Crippen molar-refractivity contribution in [2.24, 2.45) is 0 Å². The molecule has 0 aromatic heterocycles. The first-order valence-electron chi connectivity index (χ1n) is 5.93. The van der Waals surface area contributed by atoms with Crippen molar-refractivity contribution in [3.8, 4) is 11.5 Å². The van der Waals surface area contributed by atoms with E-state index in [1.165, 1.54) is 20.3 Å². The molecular weight excluding hydrogens is 254 g/mol. The minimum atomic E-state index is -3.05. The summed E-state index contributed by atoms with van der Waals surface area (Å²) in [5.74, 6) is -2.93. The number of hydrogen-bond acceptors (Lipinski definition) is 3. The van der Waals surface area contributed by atoms with Gasteiger partial charge < -0.3 is 14.3 Å². The normalized spacial score (nSPS) is 12.9. The van der Waals surface area contributed by atoms with Crippen LogP contribution < -0.4 is 9.47 Å². The number of rotatable bonds is 6. The van der Waals surface area contributed by atoms with E-state index in [1.807, 2.05) is 0 Å². The van der Waals surface area contributed by atoms with E-state index < -0.39 is 5.92 Å². The van der Waals surface area contributed by atoms with Crippen LogP contribution in [0, 0.1) is 0 Å². The minimum absolute atomic E-state index is 0.0250. The molecule has 0 aliphatic carbocycles. The van der Waals surface area contributed by atoms with Gasteiger partial charge in [0.2, 0.25) is 0 Å². The van der Waals surface area contributed by atoms with Crippen LogP contribution in [0.5, 0.6) is 11.5 Å². The molecule has 1 rings (SSSR count). The summed E-state index contributed by atoms with van der Waals surface area (Å²) in [5.41, 5.74) is 0.392. The molecule has 0 aliphatic heterocycles. The summed E-state index contributed by atoms with van der Waals surface area (Å²) in [5, 5.41) is 0. The summed E-state index contributed by atoms with van der Waals surface area (Å²) in [6.45, 7) is 2.60. The molecule has 0 saturated heterocycles. The zero-order valence-corrected chi connectivity index (χ0v) is 11.5. The summed E-state index contributed by atoms with van der Waals surface area (Å²) in [6.07, 6.45) is 1.04. The highest BCUT2D eigenvalue weighted by molar-refractivity contribution is 5.55. The third kappa shape index (κ3) is 3.43. The van der Waals surface area contributed by atoms with Crippen molar-refractivity contribution in [1.82, 2.24) is 0 Å². The molecule has 0 aliphatic rings. The smallest absolute Gasteiger partial charge is 0.274 e. The van der Waals surface area contributed by atoms with Crippen LogP contribution in [0.25, 0.3) is 0 Å². The summed E-state index contributed by atoms with van der Waals surface area (Å²) in [4.78, 5) is 10.5. The average molecular weight is 272 g/mol. The number of aldehydes is 1. The molecule has 0 amide bonds. The first-order valence-corrected chi connectivity index (χ1v) is 5.93. The number of benzene rings is 1. The minimum Gasteiger partial charge on any atom is -0.493 e. The second-order valence-corrected chi connectivity index (χ2v) is 4.50. The standard InChI is InChI=1S/C14H18F2O3/c1-9(5-6-17)10-7-11(14(2,15)16)13(19-4)12(8-10)18-3/h6-9H,5H2,1-4H3. The highest BCUT2D eigenvalue weighted by Crippen LogP contribution is 2.42. The molecule has 1 atom stereocenters. The van der Waals surface area contributed by atoms with Crippen molar-refractivity contribution in [3.05, 3.63) is 23.3 Å². The van der Waals surface area contributed by atoms with Crippen molar-refractivity contribution in [2.45, 2.75) is 32.1 Å². The lowest BCUT2D eigenvalue weighted by Crippen LogP contribution is -2.11. The van der Waals surface area contributed by atoms with Crippen LogP contribution in [-0.4, -0.2) is 20.5 Å². The number of carbonyl (C=O) groups excluding carboxylic acids is 1. The third-order valence-electron chi connectivity index (χ3n) is 2.99. The molecular formula is C14H18F2O3. The largest absolute Gasteiger partial charge is 0.493 e. The second kappa shape index (κ2) is 5.99. The Balaban J connectivity index is 3.42.